The van der Waals surface area contributed by atoms with Crippen molar-refractivity contribution < 1.29 is 14.6 Å². The van der Waals surface area contributed by atoms with Gasteiger partial charge in [0.1, 0.15) is 17.5 Å². The molecule has 6 heteroatoms. The summed E-state index contributed by atoms with van der Waals surface area (Å²) in [6.07, 6.45) is 0.723. The molecule has 0 saturated carbocycles. The highest BCUT2D eigenvalue weighted by Crippen LogP contribution is 2.18. The Labute approximate surface area is 134 Å². The van der Waals surface area contributed by atoms with Crippen LogP contribution in [0.2, 0.25) is 0 Å². The number of hydrogen-bond donors (Lipinski definition) is 3. The van der Waals surface area contributed by atoms with E-state index in [1.807, 2.05) is 19.9 Å². The molecule has 0 spiro atoms. The number of aliphatic hydroxyl groups is 1. The predicted octanol–water partition coefficient (Wildman–Crippen LogP) is 2.14. The van der Waals surface area contributed by atoms with Crippen LogP contribution in [0.3, 0.4) is 0 Å². The summed E-state index contributed by atoms with van der Waals surface area (Å²) in [7, 11) is 0. The van der Waals surface area contributed by atoms with E-state index in [4.69, 9.17) is 10.00 Å². The van der Waals surface area contributed by atoms with Gasteiger partial charge in [-0.2, -0.15) is 5.26 Å². The van der Waals surface area contributed by atoms with Crippen molar-refractivity contribution in [2.24, 2.45) is 0 Å². The first-order valence-electron chi connectivity index (χ1n) is 7.31. The van der Waals surface area contributed by atoms with Crippen molar-refractivity contribution in [2.45, 2.75) is 26.1 Å². The summed E-state index contributed by atoms with van der Waals surface area (Å²) in [6.45, 7) is 3.96. The molecule has 0 radical (unpaired) electrons. The number of amides is 1. The molecule has 1 aromatic carbocycles. The molecule has 1 heterocycles. The second-order valence-electron chi connectivity index (χ2n) is 5.38. The molecule has 0 saturated heterocycles. The number of nitriles is 1. The minimum Gasteiger partial charge on any atom is -0.491 e. The summed E-state index contributed by atoms with van der Waals surface area (Å²) in [4.78, 5) is 14.6. The van der Waals surface area contributed by atoms with Gasteiger partial charge in [0.15, 0.2) is 0 Å². The van der Waals surface area contributed by atoms with E-state index < -0.39 is 6.10 Å². The van der Waals surface area contributed by atoms with Crippen molar-refractivity contribution in [2.75, 3.05) is 6.54 Å². The highest BCUT2D eigenvalue weighted by molar-refractivity contribution is 5.92. The fraction of sp³-hybridized carbons (Fsp3) is 0.294. The smallest absolute Gasteiger partial charge is 0.267 e. The zero-order valence-electron chi connectivity index (χ0n) is 13.0. The summed E-state index contributed by atoms with van der Waals surface area (Å²) < 4.78 is 5.54. The number of ether oxygens (including phenoxy) is 1. The van der Waals surface area contributed by atoms with Crippen LogP contribution in [0.15, 0.2) is 36.5 Å². The first-order valence-corrected chi connectivity index (χ1v) is 7.31. The highest BCUT2D eigenvalue weighted by atomic mass is 16.5. The molecule has 0 fully saturated rings. The largest absolute Gasteiger partial charge is 0.491 e. The number of carbonyl (C=O) groups excluding carboxylic acids is 1. The lowest BCUT2D eigenvalue weighted by atomic mass is 10.1. The molecule has 0 bridgehead atoms. The summed E-state index contributed by atoms with van der Waals surface area (Å²) in [6, 6.07) is 10.5. The average Bonchev–Trinajstić information content (AvgIpc) is 3.01. The molecule has 1 unspecified atom stereocenters. The number of nitrogens with one attached hydrogen (secondary N) is 2. The van der Waals surface area contributed by atoms with E-state index in [0.29, 0.717) is 11.1 Å². The lowest BCUT2D eigenvalue weighted by molar-refractivity contribution is 0.0912. The topological polar surface area (TPSA) is 98.1 Å². The fourth-order valence-corrected chi connectivity index (χ4v) is 2.03. The Hall–Kier alpha value is -2.78. The maximum absolute atomic E-state index is 11.9. The van der Waals surface area contributed by atoms with Crippen LogP contribution in [0.1, 0.15) is 41.6 Å². The number of aromatic nitrogens is 1. The summed E-state index contributed by atoms with van der Waals surface area (Å²) in [5.41, 5.74) is 1.36. The van der Waals surface area contributed by atoms with E-state index in [-0.39, 0.29) is 24.2 Å². The first-order chi connectivity index (χ1) is 11.0. The molecule has 120 valence electrons. The van der Waals surface area contributed by atoms with Gasteiger partial charge in [0.05, 0.1) is 17.8 Å². The molecule has 1 aromatic heterocycles. The minimum absolute atomic E-state index is 0.0735. The number of hydrogen-bond acceptors (Lipinski definition) is 4. The molecule has 2 aromatic rings. The van der Waals surface area contributed by atoms with Gasteiger partial charge in [0.2, 0.25) is 0 Å². The van der Waals surface area contributed by atoms with Crippen LogP contribution >= 0.6 is 0 Å². The quantitative estimate of drug-likeness (QED) is 0.761. The number of rotatable bonds is 6. The van der Waals surface area contributed by atoms with Crippen molar-refractivity contribution in [3.05, 3.63) is 53.3 Å². The Kier molecular flexibility index (Phi) is 5.39. The third kappa shape index (κ3) is 4.59. The van der Waals surface area contributed by atoms with Crippen molar-refractivity contribution in [1.29, 1.82) is 5.26 Å². The van der Waals surface area contributed by atoms with Crippen LogP contribution in [-0.2, 0) is 0 Å². The van der Waals surface area contributed by atoms with E-state index in [1.54, 1.807) is 24.3 Å². The van der Waals surface area contributed by atoms with Crippen LogP contribution in [0.25, 0.3) is 0 Å². The molecule has 0 aliphatic rings. The van der Waals surface area contributed by atoms with Crippen molar-refractivity contribution in [3.8, 4) is 11.8 Å². The standard InChI is InChI=1S/C17H19N3O3/c1-11(2)23-14-5-3-13(4-6-14)16(21)10-20-17(22)15-7-12(8-18)9-19-15/h3-7,9,11,16,19,21H,10H2,1-2H3,(H,20,22). The summed E-state index contributed by atoms with van der Waals surface area (Å²) in [5.74, 6) is 0.362. The van der Waals surface area contributed by atoms with Gasteiger partial charge in [0.25, 0.3) is 5.91 Å². The maximum Gasteiger partial charge on any atom is 0.267 e. The molecule has 0 aliphatic heterocycles. The predicted molar refractivity (Wildman–Crippen MR) is 85.0 cm³/mol. The van der Waals surface area contributed by atoms with Crippen LogP contribution in [-0.4, -0.2) is 28.6 Å². The van der Waals surface area contributed by atoms with Crippen molar-refractivity contribution >= 4 is 5.91 Å². The molecular formula is C17H19N3O3. The molecule has 1 atom stereocenters. The van der Waals surface area contributed by atoms with E-state index in [9.17, 15) is 9.90 Å². The van der Waals surface area contributed by atoms with Crippen LogP contribution in [0.4, 0.5) is 0 Å². The van der Waals surface area contributed by atoms with Gasteiger partial charge in [-0.3, -0.25) is 4.79 Å². The number of aliphatic hydroxyl groups excluding tert-OH is 1. The van der Waals surface area contributed by atoms with E-state index >= 15 is 0 Å². The molecular weight excluding hydrogens is 294 g/mol. The SMILES string of the molecule is CC(C)Oc1ccc(C(O)CNC(=O)c2cc(C#N)c[nH]2)cc1. The van der Waals surface area contributed by atoms with Gasteiger partial charge >= 0.3 is 0 Å². The lowest BCUT2D eigenvalue weighted by Crippen LogP contribution is -2.28. The molecule has 6 nitrogen and oxygen atoms in total. The van der Waals surface area contributed by atoms with E-state index in [1.165, 1.54) is 12.3 Å². The minimum atomic E-state index is -0.822. The Bertz CT molecular complexity index is 699. The van der Waals surface area contributed by atoms with E-state index in [0.717, 1.165) is 5.75 Å². The van der Waals surface area contributed by atoms with Gasteiger partial charge < -0.3 is 20.1 Å². The number of H-pyrrole nitrogens is 1. The maximum atomic E-state index is 11.9. The lowest BCUT2D eigenvalue weighted by Gasteiger charge is -2.14. The number of aromatic amines is 1. The van der Waals surface area contributed by atoms with Crippen LogP contribution in [0, 0.1) is 11.3 Å². The van der Waals surface area contributed by atoms with Gasteiger partial charge in [-0.25, -0.2) is 0 Å². The number of nitrogens with zero attached hydrogens (tertiary/aromatic N) is 1. The Morgan fingerprint density at radius 2 is 2.09 bits per heavy atom. The normalized spacial score (nSPS) is 11.8. The average molecular weight is 313 g/mol. The fourth-order valence-electron chi connectivity index (χ4n) is 2.03. The third-order valence-electron chi connectivity index (χ3n) is 3.15. The van der Waals surface area contributed by atoms with Gasteiger partial charge in [0, 0.05) is 12.7 Å². The third-order valence-corrected chi connectivity index (χ3v) is 3.15. The number of carbonyl (C=O) groups is 1. The van der Waals surface area contributed by atoms with Gasteiger partial charge in [-0.15, -0.1) is 0 Å². The second-order valence-corrected chi connectivity index (χ2v) is 5.38. The van der Waals surface area contributed by atoms with Crippen LogP contribution < -0.4 is 10.1 Å². The van der Waals surface area contributed by atoms with Crippen molar-refractivity contribution in [3.63, 3.8) is 0 Å². The Morgan fingerprint density at radius 1 is 1.39 bits per heavy atom. The highest BCUT2D eigenvalue weighted by Gasteiger charge is 2.12. The first kappa shape index (κ1) is 16.6. The van der Waals surface area contributed by atoms with Crippen LogP contribution in [0.5, 0.6) is 5.75 Å². The Balaban J connectivity index is 1.90. The summed E-state index contributed by atoms with van der Waals surface area (Å²) in [5, 5.41) is 21.5. The zero-order chi connectivity index (χ0) is 16.8. The zero-order valence-corrected chi connectivity index (χ0v) is 13.0. The van der Waals surface area contributed by atoms with Gasteiger partial charge in [-0.05, 0) is 37.6 Å². The van der Waals surface area contributed by atoms with Gasteiger partial charge in [-0.1, -0.05) is 12.1 Å². The molecule has 1 amide bonds. The molecule has 2 rings (SSSR count). The Morgan fingerprint density at radius 3 is 2.65 bits per heavy atom. The second kappa shape index (κ2) is 7.47. The molecule has 0 aliphatic carbocycles. The van der Waals surface area contributed by atoms with Crippen molar-refractivity contribution in [1.82, 2.24) is 10.3 Å². The van der Waals surface area contributed by atoms with E-state index in [2.05, 4.69) is 10.3 Å². The number of benzene rings is 1. The summed E-state index contributed by atoms with van der Waals surface area (Å²) >= 11 is 0. The molecule has 23 heavy (non-hydrogen) atoms. The molecule has 3 N–H and O–H groups in total. The monoisotopic (exact) mass is 313 g/mol.